The van der Waals surface area contributed by atoms with E-state index < -0.39 is 16.1 Å². The molecular weight excluding hydrogens is 392 g/mol. The SMILES string of the molecule is CCOc1ccccc1CNC(=O)C(CC)N(c1cccc(OC)c1)S(C)(=O)=O. The van der Waals surface area contributed by atoms with Gasteiger partial charge in [-0.3, -0.25) is 9.10 Å². The van der Waals surface area contributed by atoms with E-state index in [1.165, 1.54) is 7.11 Å². The number of anilines is 1. The van der Waals surface area contributed by atoms with Crippen molar-refractivity contribution in [3.63, 3.8) is 0 Å². The van der Waals surface area contributed by atoms with Crippen LogP contribution in [0.2, 0.25) is 0 Å². The molecule has 2 aromatic carbocycles. The first kappa shape index (κ1) is 22.5. The number of ether oxygens (including phenoxy) is 2. The largest absolute Gasteiger partial charge is 0.497 e. The number of sulfonamides is 1. The summed E-state index contributed by atoms with van der Waals surface area (Å²) < 4.78 is 37.0. The van der Waals surface area contributed by atoms with E-state index in [1.54, 1.807) is 31.2 Å². The highest BCUT2D eigenvalue weighted by Crippen LogP contribution is 2.26. The summed E-state index contributed by atoms with van der Waals surface area (Å²) in [6, 6.07) is 13.2. The van der Waals surface area contributed by atoms with Crippen molar-refractivity contribution < 1.29 is 22.7 Å². The summed E-state index contributed by atoms with van der Waals surface area (Å²) in [5, 5.41) is 2.84. The van der Waals surface area contributed by atoms with Gasteiger partial charge in [0.15, 0.2) is 0 Å². The van der Waals surface area contributed by atoms with Crippen molar-refractivity contribution in [3.05, 3.63) is 54.1 Å². The minimum atomic E-state index is -3.71. The summed E-state index contributed by atoms with van der Waals surface area (Å²) in [5.41, 5.74) is 1.20. The Bertz CT molecular complexity index is 930. The van der Waals surface area contributed by atoms with Gasteiger partial charge in [0.25, 0.3) is 0 Å². The van der Waals surface area contributed by atoms with Crippen LogP contribution in [0.5, 0.6) is 11.5 Å². The number of carbonyl (C=O) groups is 1. The van der Waals surface area contributed by atoms with Gasteiger partial charge in [0.1, 0.15) is 17.5 Å². The van der Waals surface area contributed by atoms with Crippen LogP contribution in [0.15, 0.2) is 48.5 Å². The topological polar surface area (TPSA) is 84.9 Å². The minimum Gasteiger partial charge on any atom is -0.497 e. The Balaban J connectivity index is 2.27. The van der Waals surface area contributed by atoms with Gasteiger partial charge in [-0.15, -0.1) is 0 Å². The Morgan fingerprint density at radius 1 is 1.14 bits per heavy atom. The fourth-order valence-electron chi connectivity index (χ4n) is 3.05. The molecule has 0 bridgehead atoms. The molecule has 1 amide bonds. The number of amides is 1. The van der Waals surface area contributed by atoms with Crippen LogP contribution < -0.4 is 19.1 Å². The first-order valence-corrected chi connectivity index (χ1v) is 11.3. The maximum absolute atomic E-state index is 12.9. The van der Waals surface area contributed by atoms with Crippen LogP contribution in [0.1, 0.15) is 25.8 Å². The smallest absolute Gasteiger partial charge is 0.244 e. The van der Waals surface area contributed by atoms with Crippen molar-refractivity contribution in [1.29, 1.82) is 0 Å². The average Bonchev–Trinajstić information content (AvgIpc) is 2.70. The molecule has 0 spiro atoms. The summed E-state index contributed by atoms with van der Waals surface area (Å²) in [5.74, 6) is 0.820. The third kappa shape index (κ3) is 5.87. The summed E-state index contributed by atoms with van der Waals surface area (Å²) in [7, 11) is -2.20. The van der Waals surface area contributed by atoms with Crippen LogP contribution in [0, 0.1) is 0 Å². The molecule has 2 rings (SSSR count). The summed E-state index contributed by atoms with van der Waals surface area (Å²) in [4.78, 5) is 12.9. The fraction of sp³-hybridized carbons (Fsp3) is 0.381. The molecule has 1 unspecified atom stereocenters. The molecule has 0 heterocycles. The zero-order valence-corrected chi connectivity index (χ0v) is 18.0. The summed E-state index contributed by atoms with van der Waals surface area (Å²) in [6.45, 7) is 4.42. The van der Waals surface area contributed by atoms with Crippen LogP contribution in [-0.4, -0.2) is 40.3 Å². The van der Waals surface area contributed by atoms with Crippen LogP contribution in [-0.2, 0) is 21.4 Å². The van der Waals surface area contributed by atoms with Gasteiger partial charge in [0.05, 0.1) is 25.7 Å². The van der Waals surface area contributed by atoms with Gasteiger partial charge in [0, 0.05) is 18.2 Å². The maximum Gasteiger partial charge on any atom is 0.244 e. The number of carbonyl (C=O) groups excluding carboxylic acids is 1. The lowest BCUT2D eigenvalue weighted by Crippen LogP contribution is -2.49. The lowest BCUT2D eigenvalue weighted by Gasteiger charge is -2.30. The Kier molecular flexibility index (Phi) is 7.90. The fourth-order valence-corrected chi connectivity index (χ4v) is 4.26. The van der Waals surface area contributed by atoms with Crippen LogP contribution in [0.4, 0.5) is 5.69 Å². The molecule has 0 aliphatic heterocycles. The molecule has 8 heteroatoms. The second-order valence-electron chi connectivity index (χ2n) is 6.44. The molecule has 0 aliphatic rings. The van der Waals surface area contributed by atoms with Crippen molar-refractivity contribution in [2.45, 2.75) is 32.9 Å². The molecule has 29 heavy (non-hydrogen) atoms. The van der Waals surface area contributed by atoms with Gasteiger partial charge in [-0.2, -0.15) is 0 Å². The first-order valence-electron chi connectivity index (χ1n) is 9.43. The molecule has 0 saturated heterocycles. The van der Waals surface area contributed by atoms with Gasteiger partial charge < -0.3 is 14.8 Å². The van der Waals surface area contributed by atoms with Crippen molar-refractivity contribution in [3.8, 4) is 11.5 Å². The average molecular weight is 421 g/mol. The van der Waals surface area contributed by atoms with Gasteiger partial charge in [-0.25, -0.2) is 8.42 Å². The van der Waals surface area contributed by atoms with E-state index >= 15 is 0 Å². The number of para-hydroxylation sites is 1. The standard InChI is InChI=1S/C21H28N2O5S/c1-5-19(21(24)22-15-16-10-7-8-13-20(16)28-6-2)23(29(4,25)26)17-11-9-12-18(14-17)27-3/h7-14,19H,5-6,15H2,1-4H3,(H,22,24). The first-order chi connectivity index (χ1) is 13.8. The van der Waals surface area contributed by atoms with Gasteiger partial charge in [-0.1, -0.05) is 31.2 Å². The van der Waals surface area contributed by atoms with E-state index in [1.807, 2.05) is 31.2 Å². The van der Waals surface area contributed by atoms with Crippen LogP contribution in [0.3, 0.4) is 0 Å². The molecular formula is C21H28N2O5S. The molecule has 0 aliphatic carbocycles. The minimum absolute atomic E-state index is 0.237. The Hall–Kier alpha value is -2.74. The molecule has 1 atom stereocenters. The highest BCUT2D eigenvalue weighted by atomic mass is 32.2. The number of nitrogens with zero attached hydrogens (tertiary/aromatic N) is 1. The number of hydrogen-bond donors (Lipinski definition) is 1. The summed E-state index contributed by atoms with van der Waals surface area (Å²) in [6.07, 6.45) is 1.40. The highest BCUT2D eigenvalue weighted by Gasteiger charge is 2.31. The summed E-state index contributed by atoms with van der Waals surface area (Å²) >= 11 is 0. The zero-order chi connectivity index (χ0) is 21.4. The van der Waals surface area contributed by atoms with Crippen LogP contribution in [0.25, 0.3) is 0 Å². The maximum atomic E-state index is 12.9. The van der Waals surface area contributed by atoms with E-state index in [9.17, 15) is 13.2 Å². The Morgan fingerprint density at radius 3 is 2.48 bits per heavy atom. The predicted molar refractivity (Wildman–Crippen MR) is 114 cm³/mol. The molecule has 0 saturated carbocycles. The monoisotopic (exact) mass is 420 g/mol. The number of hydrogen-bond acceptors (Lipinski definition) is 5. The molecule has 2 aromatic rings. The second-order valence-corrected chi connectivity index (χ2v) is 8.30. The van der Waals surface area contributed by atoms with Crippen LogP contribution >= 0.6 is 0 Å². The van der Waals surface area contributed by atoms with Crippen molar-refractivity contribution in [2.24, 2.45) is 0 Å². The number of benzene rings is 2. The Morgan fingerprint density at radius 2 is 1.86 bits per heavy atom. The lowest BCUT2D eigenvalue weighted by atomic mass is 10.1. The van der Waals surface area contributed by atoms with Crippen molar-refractivity contribution in [2.75, 3.05) is 24.3 Å². The van der Waals surface area contributed by atoms with Crippen molar-refractivity contribution in [1.82, 2.24) is 5.32 Å². The van der Waals surface area contributed by atoms with Gasteiger partial charge in [-0.05, 0) is 31.5 Å². The van der Waals surface area contributed by atoms with Gasteiger partial charge in [0.2, 0.25) is 15.9 Å². The van der Waals surface area contributed by atoms with E-state index in [0.29, 0.717) is 30.2 Å². The van der Waals surface area contributed by atoms with Crippen molar-refractivity contribution >= 4 is 21.6 Å². The van der Waals surface area contributed by atoms with E-state index in [4.69, 9.17) is 9.47 Å². The molecule has 158 valence electrons. The number of methoxy groups -OCH3 is 1. The van der Waals surface area contributed by atoms with E-state index in [-0.39, 0.29) is 12.5 Å². The molecule has 1 N–H and O–H groups in total. The highest BCUT2D eigenvalue weighted by molar-refractivity contribution is 7.92. The number of nitrogens with one attached hydrogen (secondary N) is 1. The molecule has 7 nitrogen and oxygen atoms in total. The zero-order valence-electron chi connectivity index (χ0n) is 17.2. The van der Waals surface area contributed by atoms with E-state index in [2.05, 4.69) is 5.32 Å². The lowest BCUT2D eigenvalue weighted by molar-refractivity contribution is -0.122. The normalized spacial score (nSPS) is 12.1. The molecule has 0 aromatic heterocycles. The predicted octanol–water partition coefficient (Wildman–Crippen LogP) is 2.95. The molecule has 0 fully saturated rings. The Labute approximate surface area is 172 Å². The van der Waals surface area contributed by atoms with E-state index in [0.717, 1.165) is 16.1 Å². The quantitative estimate of drug-likeness (QED) is 0.639. The molecule has 0 radical (unpaired) electrons. The third-order valence-corrected chi connectivity index (χ3v) is 5.54. The van der Waals surface area contributed by atoms with Gasteiger partial charge >= 0.3 is 0 Å². The number of rotatable bonds is 10. The second kappa shape index (κ2) is 10.2. The third-order valence-electron chi connectivity index (χ3n) is 4.36.